The Bertz CT molecular complexity index is 980. The van der Waals surface area contributed by atoms with Gasteiger partial charge in [-0.25, -0.2) is 4.79 Å². The van der Waals surface area contributed by atoms with Crippen molar-refractivity contribution >= 4 is 23.5 Å². The van der Waals surface area contributed by atoms with Crippen LogP contribution >= 0.6 is 11.6 Å². The first-order valence-corrected chi connectivity index (χ1v) is 9.39. The Labute approximate surface area is 176 Å². The van der Waals surface area contributed by atoms with Crippen LogP contribution in [-0.2, 0) is 4.79 Å². The Morgan fingerprint density at radius 3 is 2.38 bits per heavy atom. The molecule has 0 saturated heterocycles. The van der Waals surface area contributed by atoms with Crippen LogP contribution in [0.25, 0.3) is 0 Å². The van der Waals surface area contributed by atoms with Gasteiger partial charge in [0.05, 0.1) is 5.56 Å². The molecule has 152 valence electrons. The summed E-state index contributed by atoms with van der Waals surface area (Å²) in [5.74, 6) is 5.15. The van der Waals surface area contributed by atoms with E-state index in [9.17, 15) is 14.7 Å². The number of carboxylic acid groups (broad SMARTS) is 1. The molecule has 6 heteroatoms. The fourth-order valence-corrected chi connectivity index (χ4v) is 2.73. The third-order valence-corrected chi connectivity index (χ3v) is 4.29. The number of carbonyl (C=O) groups excluding carboxylic acids is 1. The molecule has 0 saturated carbocycles. The fourth-order valence-electron chi connectivity index (χ4n) is 2.55. The normalized spacial score (nSPS) is 11.8. The smallest absolute Gasteiger partial charge is 0.345 e. The van der Waals surface area contributed by atoms with Gasteiger partial charge in [-0.1, -0.05) is 50.3 Å². The lowest BCUT2D eigenvalue weighted by molar-refractivity contribution is -0.150. The van der Waals surface area contributed by atoms with Crippen molar-refractivity contribution in [1.29, 1.82) is 0 Å². The van der Waals surface area contributed by atoms with Gasteiger partial charge in [-0.3, -0.25) is 4.79 Å². The molecule has 0 heterocycles. The van der Waals surface area contributed by atoms with Crippen LogP contribution in [0.4, 0.5) is 0 Å². The van der Waals surface area contributed by atoms with E-state index in [1.54, 1.807) is 77.3 Å². The predicted octanol–water partition coefficient (Wildman–Crippen LogP) is 4.32. The van der Waals surface area contributed by atoms with Gasteiger partial charge in [0.15, 0.2) is 6.10 Å². The molecule has 0 aliphatic rings. The van der Waals surface area contributed by atoms with Gasteiger partial charge < -0.3 is 14.7 Å². The zero-order chi connectivity index (χ0) is 21.8. The fraction of sp³-hybridized carbons (Fsp3) is 0.304. The lowest BCUT2D eigenvalue weighted by Gasteiger charge is -2.28. The molecule has 2 aromatic carbocycles. The molecule has 0 aromatic heterocycles. The molecular formula is C23H24ClNO4. The molecule has 0 spiro atoms. The molecule has 1 unspecified atom stereocenters. The molecule has 1 atom stereocenters. The number of hydrogen-bond acceptors (Lipinski definition) is 3. The first-order valence-electron chi connectivity index (χ1n) is 9.02. The van der Waals surface area contributed by atoms with E-state index in [0.717, 1.165) is 0 Å². The van der Waals surface area contributed by atoms with Crippen LogP contribution in [0.2, 0.25) is 5.02 Å². The minimum Gasteiger partial charge on any atom is -0.478 e. The first kappa shape index (κ1) is 22.3. The maximum Gasteiger partial charge on any atom is 0.345 e. The number of nitrogens with zero attached hydrogens (tertiary/aromatic N) is 1. The summed E-state index contributed by atoms with van der Waals surface area (Å²) in [6, 6.07) is 11.8. The van der Waals surface area contributed by atoms with E-state index >= 15 is 0 Å². The largest absolute Gasteiger partial charge is 0.478 e. The number of aliphatic carboxylic acids is 1. The number of ether oxygens (including phenoxy) is 1. The van der Waals surface area contributed by atoms with Crippen molar-refractivity contribution < 1.29 is 19.4 Å². The maximum atomic E-state index is 12.1. The van der Waals surface area contributed by atoms with E-state index in [0.29, 0.717) is 27.5 Å². The molecule has 0 bridgehead atoms. The van der Waals surface area contributed by atoms with Gasteiger partial charge in [-0.15, -0.1) is 0 Å². The standard InChI is InChI=1S/C23H24ClNO4/c1-23(2,3)20(22(27)28)29-19-12-11-18(24)14-16(19)10-9-15-7-6-8-17(13-15)21(26)25(4)5/h6-8,11-14,20H,1-5H3,(H,27,28). The highest BCUT2D eigenvalue weighted by Gasteiger charge is 2.33. The van der Waals surface area contributed by atoms with Crippen molar-refractivity contribution in [2.75, 3.05) is 14.1 Å². The van der Waals surface area contributed by atoms with E-state index in [1.807, 2.05) is 0 Å². The quantitative estimate of drug-likeness (QED) is 0.758. The Kier molecular flexibility index (Phi) is 6.94. The average molecular weight is 414 g/mol. The van der Waals surface area contributed by atoms with Crippen molar-refractivity contribution in [2.45, 2.75) is 26.9 Å². The summed E-state index contributed by atoms with van der Waals surface area (Å²) in [7, 11) is 3.37. The van der Waals surface area contributed by atoms with Crippen LogP contribution in [0.15, 0.2) is 42.5 Å². The molecular weight excluding hydrogens is 390 g/mol. The highest BCUT2D eigenvalue weighted by molar-refractivity contribution is 6.30. The van der Waals surface area contributed by atoms with Gasteiger partial charge in [0, 0.05) is 35.7 Å². The van der Waals surface area contributed by atoms with Gasteiger partial charge in [-0.2, -0.15) is 0 Å². The van der Waals surface area contributed by atoms with Crippen LogP contribution in [0.3, 0.4) is 0 Å². The molecule has 0 aliphatic heterocycles. The summed E-state index contributed by atoms with van der Waals surface area (Å²) in [5, 5.41) is 9.99. The molecule has 0 aliphatic carbocycles. The number of halogens is 1. The van der Waals surface area contributed by atoms with E-state index in [2.05, 4.69) is 11.8 Å². The number of carboxylic acids is 1. The summed E-state index contributed by atoms with van der Waals surface area (Å²) >= 11 is 6.10. The summed E-state index contributed by atoms with van der Waals surface area (Å²) in [5.41, 5.74) is 1.03. The minimum absolute atomic E-state index is 0.116. The summed E-state index contributed by atoms with van der Waals surface area (Å²) < 4.78 is 5.79. The number of hydrogen-bond donors (Lipinski definition) is 1. The summed E-state index contributed by atoms with van der Waals surface area (Å²) in [6.07, 6.45) is -1.05. The van der Waals surface area contributed by atoms with Crippen LogP contribution in [0, 0.1) is 17.3 Å². The third kappa shape index (κ3) is 6.00. The van der Waals surface area contributed by atoms with Crippen molar-refractivity contribution in [3.05, 3.63) is 64.2 Å². The summed E-state index contributed by atoms with van der Waals surface area (Å²) in [4.78, 5) is 25.3. The predicted molar refractivity (Wildman–Crippen MR) is 113 cm³/mol. The number of benzene rings is 2. The molecule has 2 aromatic rings. The molecule has 29 heavy (non-hydrogen) atoms. The lowest BCUT2D eigenvalue weighted by Crippen LogP contribution is -2.39. The van der Waals surface area contributed by atoms with Gasteiger partial charge in [0.2, 0.25) is 0 Å². The molecule has 0 radical (unpaired) electrons. The number of amides is 1. The second-order valence-corrected chi connectivity index (χ2v) is 8.31. The van der Waals surface area contributed by atoms with Crippen LogP contribution in [-0.4, -0.2) is 42.1 Å². The molecule has 1 amide bonds. The minimum atomic E-state index is -1.05. The van der Waals surface area contributed by atoms with Gasteiger partial charge >= 0.3 is 5.97 Å². The van der Waals surface area contributed by atoms with Crippen LogP contribution in [0.5, 0.6) is 5.75 Å². The lowest BCUT2D eigenvalue weighted by atomic mass is 9.89. The van der Waals surface area contributed by atoms with E-state index in [4.69, 9.17) is 16.3 Å². The first-order chi connectivity index (χ1) is 13.5. The third-order valence-electron chi connectivity index (χ3n) is 4.05. The van der Waals surface area contributed by atoms with E-state index < -0.39 is 17.5 Å². The number of rotatable bonds is 4. The van der Waals surface area contributed by atoms with Gasteiger partial charge in [-0.05, 0) is 36.4 Å². The Balaban J connectivity index is 2.41. The average Bonchev–Trinajstić information content (AvgIpc) is 2.63. The van der Waals surface area contributed by atoms with Crippen molar-refractivity contribution in [3.8, 4) is 17.6 Å². The van der Waals surface area contributed by atoms with Crippen molar-refractivity contribution in [1.82, 2.24) is 4.90 Å². The Morgan fingerprint density at radius 2 is 1.79 bits per heavy atom. The van der Waals surface area contributed by atoms with E-state index in [-0.39, 0.29) is 5.91 Å². The van der Waals surface area contributed by atoms with E-state index in [1.165, 1.54) is 4.90 Å². The Morgan fingerprint density at radius 1 is 1.10 bits per heavy atom. The highest BCUT2D eigenvalue weighted by atomic mass is 35.5. The van der Waals surface area contributed by atoms with Gasteiger partial charge in [0.1, 0.15) is 5.75 Å². The monoisotopic (exact) mass is 413 g/mol. The second-order valence-electron chi connectivity index (χ2n) is 7.87. The summed E-state index contributed by atoms with van der Waals surface area (Å²) in [6.45, 7) is 5.38. The molecule has 5 nitrogen and oxygen atoms in total. The van der Waals surface area contributed by atoms with Crippen LogP contribution < -0.4 is 4.74 Å². The zero-order valence-corrected chi connectivity index (χ0v) is 17.9. The Hall–Kier alpha value is -2.97. The molecule has 2 rings (SSSR count). The molecule has 0 fully saturated rings. The highest BCUT2D eigenvalue weighted by Crippen LogP contribution is 2.29. The van der Waals surface area contributed by atoms with Crippen molar-refractivity contribution in [2.24, 2.45) is 5.41 Å². The topological polar surface area (TPSA) is 66.8 Å². The van der Waals surface area contributed by atoms with Crippen LogP contribution in [0.1, 0.15) is 42.3 Å². The zero-order valence-electron chi connectivity index (χ0n) is 17.1. The molecule has 1 N–H and O–H groups in total. The van der Waals surface area contributed by atoms with Crippen molar-refractivity contribution in [3.63, 3.8) is 0 Å². The number of carbonyl (C=O) groups is 2. The SMILES string of the molecule is CN(C)C(=O)c1cccc(C#Cc2cc(Cl)ccc2OC(C(=O)O)C(C)(C)C)c1. The maximum absolute atomic E-state index is 12.1. The second kappa shape index (κ2) is 9.02. The van der Waals surface area contributed by atoms with Gasteiger partial charge in [0.25, 0.3) is 5.91 Å².